The summed E-state index contributed by atoms with van der Waals surface area (Å²) >= 11 is 2.72. The standard InChI is InChI=1S/C25H18N6O3S2/c1-2-21-30-31-22(32)12-17(27-25(31)36-21)14-34-18-9-7-15(8-10-18)11-16(13-26)23(33)29-24-28-19-5-3-4-6-20(19)35-24/h3-12H,2,14H2,1H3,(H,28,29,33)/b16-11+. The SMILES string of the molecule is CCc1nn2c(=O)cc(COc3ccc(/C=C(\C#N)C(=O)Nc4nc5ccccc5s4)cc3)nc2s1. The maximum Gasteiger partial charge on any atom is 0.275 e. The molecular weight excluding hydrogens is 496 g/mol. The number of aryl methyl sites for hydroxylation is 1. The van der Waals surface area contributed by atoms with E-state index in [1.54, 1.807) is 24.3 Å². The molecule has 0 aliphatic rings. The monoisotopic (exact) mass is 514 g/mol. The van der Waals surface area contributed by atoms with Gasteiger partial charge in [-0.2, -0.15) is 14.9 Å². The minimum absolute atomic E-state index is 0.0445. The topological polar surface area (TPSA) is 122 Å². The van der Waals surface area contributed by atoms with Crippen molar-refractivity contribution in [1.82, 2.24) is 19.6 Å². The van der Waals surface area contributed by atoms with Crippen LogP contribution in [0.25, 0.3) is 21.3 Å². The van der Waals surface area contributed by atoms with Crippen LogP contribution in [-0.4, -0.2) is 25.5 Å². The fourth-order valence-electron chi connectivity index (χ4n) is 3.34. The lowest BCUT2D eigenvalue weighted by atomic mass is 10.1. The third-order valence-corrected chi connectivity index (χ3v) is 7.10. The number of amides is 1. The van der Waals surface area contributed by atoms with Crippen LogP contribution in [0.1, 0.15) is 23.2 Å². The zero-order chi connectivity index (χ0) is 25.1. The number of ether oxygens (including phenoxy) is 1. The fraction of sp³-hybridized carbons (Fsp3) is 0.120. The van der Waals surface area contributed by atoms with Crippen molar-refractivity contribution in [3.63, 3.8) is 0 Å². The van der Waals surface area contributed by atoms with Gasteiger partial charge in [0.1, 0.15) is 29.0 Å². The van der Waals surface area contributed by atoms with Gasteiger partial charge in [-0.15, -0.1) is 0 Å². The van der Waals surface area contributed by atoms with Crippen LogP contribution in [0.15, 0.2) is 65.0 Å². The molecule has 0 saturated heterocycles. The molecule has 3 heterocycles. The zero-order valence-corrected chi connectivity index (χ0v) is 20.6. The summed E-state index contributed by atoms with van der Waals surface area (Å²) in [6.07, 6.45) is 2.23. The van der Waals surface area contributed by atoms with E-state index in [2.05, 4.69) is 20.4 Å². The molecule has 0 radical (unpaired) electrons. The summed E-state index contributed by atoms with van der Waals surface area (Å²) in [6, 6.07) is 17.8. The minimum atomic E-state index is -0.529. The van der Waals surface area contributed by atoms with Crippen molar-refractivity contribution in [2.24, 2.45) is 0 Å². The highest BCUT2D eigenvalue weighted by Gasteiger charge is 2.13. The van der Waals surface area contributed by atoms with Crippen molar-refractivity contribution in [2.45, 2.75) is 20.0 Å². The molecule has 3 aromatic heterocycles. The maximum absolute atomic E-state index is 12.6. The second-order valence-electron chi connectivity index (χ2n) is 7.60. The van der Waals surface area contributed by atoms with Gasteiger partial charge in [0, 0.05) is 6.07 Å². The van der Waals surface area contributed by atoms with Gasteiger partial charge in [0.15, 0.2) is 5.13 Å². The fourth-order valence-corrected chi connectivity index (χ4v) is 5.05. The lowest BCUT2D eigenvalue weighted by Gasteiger charge is -2.06. The van der Waals surface area contributed by atoms with E-state index in [9.17, 15) is 14.9 Å². The molecule has 9 nitrogen and oxygen atoms in total. The van der Waals surface area contributed by atoms with Gasteiger partial charge >= 0.3 is 0 Å². The first kappa shape index (κ1) is 23.3. The van der Waals surface area contributed by atoms with E-state index in [1.165, 1.54) is 39.3 Å². The largest absolute Gasteiger partial charge is 0.487 e. The van der Waals surface area contributed by atoms with E-state index in [4.69, 9.17) is 4.74 Å². The van der Waals surface area contributed by atoms with Crippen LogP contribution in [0.2, 0.25) is 0 Å². The molecule has 0 unspecified atom stereocenters. The lowest BCUT2D eigenvalue weighted by Crippen LogP contribution is -2.16. The number of nitriles is 1. The Labute approximate surface area is 213 Å². The predicted octanol–water partition coefficient (Wildman–Crippen LogP) is 4.45. The van der Waals surface area contributed by atoms with Crippen LogP contribution in [-0.2, 0) is 17.8 Å². The number of rotatable bonds is 7. The molecule has 1 amide bonds. The Morgan fingerprint density at radius 3 is 2.72 bits per heavy atom. The summed E-state index contributed by atoms with van der Waals surface area (Å²) in [4.78, 5) is 34.2. The molecule has 0 spiro atoms. The molecule has 1 N–H and O–H groups in total. The molecule has 5 aromatic rings. The number of thiazole rings is 1. The summed E-state index contributed by atoms with van der Waals surface area (Å²) < 4.78 is 8.02. The van der Waals surface area contributed by atoms with E-state index in [0.29, 0.717) is 27.1 Å². The highest BCUT2D eigenvalue weighted by Crippen LogP contribution is 2.26. The highest BCUT2D eigenvalue weighted by atomic mass is 32.1. The number of carbonyl (C=O) groups excluding carboxylic acids is 1. The summed E-state index contributed by atoms with van der Waals surface area (Å²) in [7, 11) is 0. The number of nitrogens with zero attached hydrogens (tertiary/aromatic N) is 5. The number of carbonyl (C=O) groups is 1. The maximum atomic E-state index is 12.6. The molecule has 0 atom stereocenters. The van der Waals surface area contributed by atoms with E-state index in [-0.39, 0.29) is 17.7 Å². The van der Waals surface area contributed by atoms with Crippen molar-refractivity contribution < 1.29 is 9.53 Å². The molecule has 11 heteroatoms. The second kappa shape index (κ2) is 10.1. The van der Waals surface area contributed by atoms with Crippen LogP contribution >= 0.6 is 22.7 Å². The van der Waals surface area contributed by atoms with Crippen LogP contribution < -0.4 is 15.6 Å². The lowest BCUT2D eigenvalue weighted by molar-refractivity contribution is -0.112. The molecule has 36 heavy (non-hydrogen) atoms. The molecule has 178 valence electrons. The van der Waals surface area contributed by atoms with Gasteiger partial charge in [-0.05, 0) is 42.3 Å². The van der Waals surface area contributed by atoms with Crippen LogP contribution in [0, 0.1) is 11.3 Å². The predicted molar refractivity (Wildman–Crippen MR) is 139 cm³/mol. The van der Waals surface area contributed by atoms with E-state index in [0.717, 1.165) is 21.6 Å². The molecule has 0 aliphatic carbocycles. The first-order valence-electron chi connectivity index (χ1n) is 10.9. The van der Waals surface area contributed by atoms with Gasteiger partial charge in [0.2, 0.25) is 4.96 Å². The number of nitrogens with one attached hydrogen (secondary N) is 1. The highest BCUT2D eigenvalue weighted by molar-refractivity contribution is 7.22. The Morgan fingerprint density at radius 2 is 1.97 bits per heavy atom. The third-order valence-electron chi connectivity index (χ3n) is 5.10. The molecule has 0 fully saturated rings. The Balaban J connectivity index is 1.25. The Hall–Kier alpha value is -4.40. The van der Waals surface area contributed by atoms with E-state index >= 15 is 0 Å². The molecule has 2 aromatic carbocycles. The van der Waals surface area contributed by atoms with Gasteiger partial charge in [0.05, 0.1) is 15.9 Å². The van der Waals surface area contributed by atoms with Crippen LogP contribution in [0.5, 0.6) is 5.75 Å². The third kappa shape index (κ3) is 5.00. The van der Waals surface area contributed by atoms with Gasteiger partial charge in [0.25, 0.3) is 11.5 Å². The van der Waals surface area contributed by atoms with Gasteiger partial charge in [-0.3, -0.25) is 14.9 Å². The van der Waals surface area contributed by atoms with Crippen molar-refractivity contribution in [3.05, 3.63) is 86.8 Å². The Kier molecular flexibility index (Phi) is 6.53. The molecule has 5 rings (SSSR count). The number of aromatic nitrogens is 4. The number of benzene rings is 2. The average molecular weight is 515 g/mol. The number of fused-ring (bicyclic) bond motifs is 2. The van der Waals surface area contributed by atoms with Crippen molar-refractivity contribution in [2.75, 3.05) is 5.32 Å². The number of hydrogen-bond acceptors (Lipinski definition) is 9. The van der Waals surface area contributed by atoms with Crippen molar-refractivity contribution >= 4 is 55.0 Å². The van der Waals surface area contributed by atoms with Crippen molar-refractivity contribution in [3.8, 4) is 11.8 Å². The van der Waals surface area contributed by atoms with Gasteiger partial charge in [-0.1, -0.05) is 53.9 Å². The molecule has 0 saturated carbocycles. The molecule has 0 bridgehead atoms. The number of para-hydroxylation sites is 1. The smallest absolute Gasteiger partial charge is 0.275 e. The quantitative estimate of drug-likeness (QED) is 0.251. The van der Waals surface area contributed by atoms with Crippen LogP contribution in [0.4, 0.5) is 5.13 Å². The van der Waals surface area contributed by atoms with Crippen molar-refractivity contribution in [1.29, 1.82) is 5.26 Å². The zero-order valence-electron chi connectivity index (χ0n) is 19.0. The number of anilines is 1. The Bertz CT molecular complexity index is 1680. The van der Waals surface area contributed by atoms with E-state index in [1.807, 2.05) is 37.3 Å². The average Bonchev–Trinajstić information content (AvgIpc) is 3.50. The Morgan fingerprint density at radius 1 is 1.17 bits per heavy atom. The molecular formula is C25H18N6O3S2. The summed E-state index contributed by atoms with van der Waals surface area (Å²) in [5.41, 5.74) is 1.66. The van der Waals surface area contributed by atoms with Gasteiger partial charge in [-0.25, -0.2) is 9.97 Å². The van der Waals surface area contributed by atoms with Crippen LogP contribution in [0.3, 0.4) is 0 Å². The summed E-state index contributed by atoms with van der Waals surface area (Å²) in [5.74, 6) is 0.0315. The first-order chi connectivity index (χ1) is 17.5. The summed E-state index contributed by atoms with van der Waals surface area (Å²) in [5, 5.41) is 17.7. The second-order valence-corrected chi connectivity index (χ2v) is 9.67. The minimum Gasteiger partial charge on any atom is -0.487 e. The summed E-state index contributed by atoms with van der Waals surface area (Å²) in [6.45, 7) is 2.09. The van der Waals surface area contributed by atoms with Gasteiger partial charge < -0.3 is 4.74 Å². The first-order valence-corrected chi connectivity index (χ1v) is 12.6. The van der Waals surface area contributed by atoms with E-state index < -0.39 is 5.91 Å². The molecule has 0 aliphatic heterocycles. The normalized spacial score (nSPS) is 11.5. The number of hydrogen-bond donors (Lipinski definition) is 1.